The van der Waals surface area contributed by atoms with Crippen LogP contribution < -0.4 is 11.1 Å². The fourth-order valence-corrected chi connectivity index (χ4v) is 1.93. The Kier molecular flexibility index (Phi) is 12.0. The zero-order valence-electron chi connectivity index (χ0n) is 15.0. The van der Waals surface area contributed by atoms with Crippen LogP contribution in [0.1, 0.15) is 59.3 Å². The number of alkyl carbamates (subject to hydrolysis) is 1. The lowest BCUT2D eigenvalue weighted by Gasteiger charge is -2.19. The van der Waals surface area contributed by atoms with E-state index in [0.29, 0.717) is 18.9 Å². The molecule has 4 N–H and O–H groups in total. The maximum atomic E-state index is 11.4. The van der Waals surface area contributed by atoms with Gasteiger partial charge in [0.05, 0.1) is 0 Å². The third-order valence-corrected chi connectivity index (χ3v) is 3.07. The van der Waals surface area contributed by atoms with Gasteiger partial charge in [0.2, 0.25) is 0 Å². The average Bonchev–Trinajstić information content (AvgIpc) is 2.45. The number of ether oxygens (including phenoxy) is 1. The summed E-state index contributed by atoms with van der Waals surface area (Å²) in [5.41, 5.74) is 5.20. The number of carbonyl (C=O) groups excluding carboxylic acids is 1. The molecule has 0 saturated heterocycles. The van der Waals surface area contributed by atoms with Crippen molar-refractivity contribution >= 4 is 28.7 Å². The van der Waals surface area contributed by atoms with Gasteiger partial charge < -0.3 is 15.8 Å². The van der Waals surface area contributed by atoms with Crippen molar-refractivity contribution in [1.82, 2.24) is 5.32 Å². The number of halogens is 1. The first-order valence-corrected chi connectivity index (χ1v) is 8.77. The van der Waals surface area contributed by atoms with E-state index in [-0.39, 0.29) is 11.3 Å². The summed E-state index contributed by atoms with van der Waals surface area (Å²) in [7, 11) is 0. The smallest absolute Gasteiger partial charge is 0.407 e. The van der Waals surface area contributed by atoms with Gasteiger partial charge in [0.15, 0.2) is 0 Å². The SMILES string of the molecule is CC(C)(C)OC(=O)NCCCCCCCCN=C(N)/C=C\C(=N)Cl. The summed E-state index contributed by atoms with van der Waals surface area (Å²) < 4.78 is 5.16. The molecule has 0 aliphatic carbocycles. The van der Waals surface area contributed by atoms with Gasteiger partial charge >= 0.3 is 6.09 Å². The molecule has 0 saturated carbocycles. The van der Waals surface area contributed by atoms with E-state index in [0.717, 1.165) is 38.5 Å². The lowest BCUT2D eigenvalue weighted by molar-refractivity contribution is 0.0527. The Hall–Kier alpha value is -1.56. The van der Waals surface area contributed by atoms with Crippen molar-refractivity contribution in [1.29, 1.82) is 5.41 Å². The third-order valence-electron chi connectivity index (χ3n) is 2.95. The Balaban J connectivity index is 3.47. The molecule has 6 nitrogen and oxygen atoms in total. The van der Waals surface area contributed by atoms with Crippen LogP contribution >= 0.6 is 11.6 Å². The highest BCUT2D eigenvalue weighted by Gasteiger charge is 2.15. The molecule has 0 aliphatic rings. The molecule has 7 heteroatoms. The van der Waals surface area contributed by atoms with Gasteiger partial charge in [-0.2, -0.15) is 0 Å². The Labute approximate surface area is 150 Å². The van der Waals surface area contributed by atoms with Gasteiger partial charge in [-0.25, -0.2) is 4.79 Å². The first-order valence-electron chi connectivity index (χ1n) is 8.39. The van der Waals surface area contributed by atoms with E-state index in [9.17, 15) is 4.79 Å². The van der Waals surface area contributed by atoms with Crippen molar-refractivity contribution in [3.05, 3.63) is 12.2 Å². The van der Waals surface area contributed by atoms with Crippen LogP contribution in [0.3, 0.4) is 0 Å². The predicted octanol–water partition coefficient (Wildman–Crippen LogP) is 3.98. The van der Waals surface area contributed by atoms with Crippen LogP contribution in [-0.4, -0.2) is 35.8 Å². The number of aliphatic imine (C=N–C) groups is 1. The molecule has 0 bridgehead atoms. The van der Waals surface area contributed by atoms with Gasteiger partial charge in [-0.3, -0.25) is 10.4 Å². The van der Waals surface area contributed by atoms with Crippen molar-refractivity contribution in [3.8, 4) is 0 Å². The maximum absolute atomic E-state index is 11.4. The first-order chi connectivity index (χ1) is 11.2. The number of unbranched alkanes of at least 4 members (excludes halogenated alkanes) is 5. The summed E-state index contributed by atoms with van der Waals surface area (Å²) in [6.07, 6.45) is 9.01. The number of nitrogens with one attached hydrogen (secondary N) is 2. The number of amidine groups is 1. The van der Waals surface area contributed by atoms with Crippen molar-refractivity contribution in [2.24, 2.45) is 10.7 Å². The van der Waals surface area contributed by atoms with E-state index >= 15 is 0 Å². The van der Waals surface area contributed by atoms with Crippen molar-refractivity contribution in [3.63, 3.8) is 0 Å². The fourth-order valence-electron chi connectivity index (χ4n) is 1.87. The van der Waals surface area contributed by atoms with Crippen LogP contribution in [0.2, 0.25) is 0 Å². The highest BCUT2D eigenvalue weighted by atomic mass is 35.5. The quantitative estimate of drug-likeness (QED) is 0.296. The number of carbonyl (C=O) groups is 1. The monoisotopic (exact) mass is 358 g/mol. The average molecular weight is 359 g/mol. The molecule has 0 rings (SSSR count). The number of amides is 1. The van der Waals surface area contributed by atoms with Crippen LogP contribution in [-0.2, 0) is 4.74 Å². The van der Waals surface area contributed by atoms with E-state index in [1.807, 2.05) is 20.8 Å². The second-order valence-corrected chi connectivity index (χ2v) is 6.95. The zero-order valence-corrected chi connectivity index (χ0v) is 15.8. The molecule has 0 fully saturated rings. The summed E-state index contributed by atoms with van der Waals surface area (Å²) in [5, 5.41) is 9.72. The van der Waals surface area contributed by atoms with Gasteiger partial charge in [0, 0.05) is 13.1 Å². The standard InChI is InChI=1S/C17H31ClN4O2/c1-17(2,3)24-16(23)22-13-9-7-5-4-6-8-12-21-15(20)11-10-14(18)19/h10-11,19H,4-9,12-13H2,1-3H3,(H2,20,21)(H,22,23)/b11-10-,19-14?. The summed E-state index contributed by atoms with van der Waals surface area (Å²) in [6.45, 7) is 6.89. The molecule has 24 heavy (non-hydrogen) atoms. The maximum Gasteiger partial charge on any atom is 0.407 e. The summed E-state index contributed by atoms with van der Waals surface area (Å²) in [5.74, 6) is 0.397. The number of nitrogens with zero attached hydrogens (tertiary/aromatic N) is 1. The summed E-state index contributed by atoms with van der Waals surface area (Å²) in [4.78, 5) is 15.6. The van der Waals surface area contributed by atoms with Crippen molar-refractivity contribution < 1.29 is 9.53 Å². The Morgan fingerprint density at radius 2 is 1.75 bits per heavy atom. The Morgan fingerprint density at radius 1 is 1.17 bits per heavy atom. The highest BCUT2D eigenvalue weighted by molar-refractivity contribution is 6.67. The van der Waals surface area contributed by atoms with Crippen LogP contribution in [0.25, 0.3) is 0 Å². The molecule has 0 aliphatic heterocycles. The van der Waals surface area contributed by atoms with Crippen LogP contribution in [0, 0.1) is 5.41 Å². The number of nitrogens with two attached hydrogens (primary N) is 1. The molecular weight excluding hydrogens is 328 g/mol. The number of hydrogen-bond acceptors (Lipinski definition) is 4. The zero-order chi connectivity index (χ0) is 18.4. The van der Waals surface area contributed by atoms with E-state index in [2.05, 4.69) is 10.3 Å². The van der Waals surface area contributed by atoms with Gasteiger partial charge in [0.1, 0.15) is 16.6 Å². The second kappa shape index (κ2) is 12.8. The van der Waals surface area contributed by atoms with E-state index < -0.39 is 5.60 Å². The van der Waals surface area contributed by atoms with E-state index in [4.69, 9.17) is 27.5 Å². The van der Waals surface area contributed by atoms with E-state index in [1.54, 1.807) is 0 Å². The van der Waals surface area contributed by atoms with Crippen LogP contribution in [0.4, 0.5) is 4.79 Å². The molecule has 0 unspecified atom stereocenters. The van der Waals surface area contributed by atoms with Gasteiger partial charge in [-0.05, 0) is 45.8 Å². The van der Waals surface area contributed by atoms with Crippen LogP contribution in [0.15, 0.2) is 17.1 Å². The number of hydrogen-bond donors (Lipinski definition) is 3. The first kappa shape index (κ1) is 22.4. The minimum atomic E-state index is -0.447. The van der Waals surface area contributed by atoms with Gasteiger partial charge in [-0.15, -0.1) is 0 Å². The normalized spacial score (nSPS) is 12.4. The molecule has 0 atom stereocenters. The third kappa shape index (κ3) is 16.8. The lowest BCUT2D eigenvalue weighted by atomic mass is 10.1. The summed E-state index contributed by atoms with van der Waals surface area (Å²) in [6, 6.07) is 0. The number of rotatable bonds is 11. The predicted molar refractivity (Wildman–Crippen MR) is 101 cm³/mol. The van der Waals surface area contributed by atoms with Crippen molar-refractivity contribution in [2.75, 3.05) is 13.1 Å². The fraction of sp³-hybridized carbons (Fsp3) is 0.706. The molecule has 0 heterocycles. The van der Waals surface area contributed by atoms with E-state index in [1.165, 1.54) is 12.2 Å². The summed E-state index contributed by atoms with van der Waals surface area (Å²) >= 11 is 5.38. The molecular formula is C17H31ClN4O2. The molecule has 0 spiro atoms. The lowest BCUT2D eigenvalue weighted by Crippen LogP contribution is -2.32. The second-order valence-electron chi connectivity index (χ2n) is 6.54. The Bertz CT molecular complexity index is 442. The number of allylic oxidation sites excluding steroid dienone is 1. The molecule has 0 radical (unpaired) electrons. The minimum Gasteiger partial charge on any atom is -0.444 e. The van der Waals surface area contributed by atoms with Gasteiger partial charge in [-0.1, -0.05) is 37.3 Å². The largest absolute Gasteiger partial charge is 0.444 e. The highest BCUT2D eigenvalue weighted by Crippen LogP contribution is 2.07. The van der Waals surface area contributed by atoms with Crippen LogP contribution in [0.5, 0.6) is 0 Å². The molecule has 0 aromatic rings. The minimum absolute atomic E-state index is 0.0608. The molecule has 0 aromatic carbocycles. The Morgan fingerprint density at radius 3 is 2.33 bits per heavy atom. The van der Waals surface area contributed by atoms with Crippen molar-refractivity contribution in [2.45, 2.75) is 64.9 Å². The molecule has 138 valence electrons. The topological polar surface area (TPSA) is 101 Å². The van der Waals surface area contributed by atoms with Gasteiger partial charge in [0.25, 0.3) is 0 Å². The molecule has 1 amide bonds. The molecule has 0 aromatic heterocycles.